The van der Waals surface area contributed by atoms with Crippen LogP contribution < -0.4 is 5.73 Å². The van der Waals surface area contributed by atoms with E-state index in [4.69, 9.17) is 5.73 Å². The van der Waals surface area contributed by atoms with E-state index in [0.29, 0.717) is 12.6 Å². The van der Waals surface area contributed by atoms with Crippen LogP contribution in [0.25, 0.3) is 0 Å². The van der Waals surface area contributed by atoms with Crippen LogP contribution in [0, 0.1) is 18.8 Å². The molecule has 0 aromatic heterocycles. The maximum Gasteiger partial charge on any atom is 0.254 e. The van der Waals surface area contributed by atoms with Crippen LogP contribution in [-0.4, -0.2) is 29.9 Å². The predicted molar refractivity (Wildman–Crippen MR) is 81.5 cm³/mol. The fraction of sp³-hybridized carbons (Fsp3) is 0.471. The molecule has 1 atom stereocenters. The number of carbonyl (C=O) groups is 1. The van der Waals surface area contributed by atoms with Crippen LogP contribution in [-0.2, 0) is 0 Å². The Morgan fingerprint density at radius 3 is 2.90 bits per heavy atom. The van der Waals surface area contributed by atoms with Crippen molar-refractivity contribution >= 4 is 5.91 Å². The zero-order valence-corrected chi connectivity index (χ0v) is 12.3. The monoisotopic (exact) mass is 270 g/mol. The molecule has 1 unspecified atom stereocenters. The summed E-state index contributed by atoms with van der Waals surface area (Å²) in [6, 6.07) is 6.06. The van der Waals surface area contributed by atoms with Crippen LogP contribution in [0.1, 0.15) is 47.7 Å². The summed E-state index contributed by atoms with van der Waals surface area (Å²) in [6.07, 6.45) is 3.43. The Morgan fingerprint density at radius 2 is 2.25 bits per heavy atom. The summed E-state index contributed by atoms with van der Waals surface area (Å²) in [5.41, 5.74) is 8.11. The minimum Gasteiger partial charge on any atom is -0.336 e. The van der Waals surface area contributed by atoms with E-state index in [9.17, 15) is 4.79 Å². The van der Waals surface area contributed by atoms with E-state index in [-0.39, 0.29) is 5.91 Å². The molecular formula is C17H22N2O. The van der Waals surface area contributed by atoms with Crippen molar-refractivity contribution in [2.45, 2.75) is 39.2 Å². The molecule has 1 saturated heterocycles. The lowest BCUT2D eigenvalue weighted by atomic mass is 10.0. The second-order valence-corrected chi connectivity index (χ2v) is 5.38. The number of likely N-dealkylation sites (tertiary alicyclic amines) is 1. The zero-order valence-electron chi connectivity index (χ0n) is 12.3. The molecule has 1 aliphatic heterocycles. The number of hydrogen-bond donors (Lipinski definition) is 1. The Balaban J connectivity index is 2.20. The van der Waals surface area contributed by atoms with Gasteiger partial charge in [-0.1, -0.05) is 11.8 Å². The number of rotatable bonds is 1. The van der Waals surface area contributed by atoms with Crippen molar-refractivity contribution in [1.82, 2.24) is 4.90 Å². The summed E-state index contributed by atoms with van der Waals surface area (Å²) >= 11 is 0. The van der Waals surface area contributed by atoms with Gasteiger partial charge in [0.2, 0.25) is 0 Å². The normalized spacial score (nSPS) is 18.4. The van der Waals surface area contributed by atoms with E-state index in [0.717, 1.165) is 36.1 Å². The highest BCUT2D eigenvalue weighted by molar-refractivity contribution is 5.94. The van der Waals surface area contributed by atoms with Crippen LogP contribution in [0.4, 0.5) is 0 Å². The summed E-state index contributed by atoms with van der Waals surface area (Å²) < 4.78 is 0. The molecule has 3 nitrogen and oxygen atoms in total. The molecule has 1 heterocycles. The van der Waals surface area contributed by atoms with E-state index in [1.165, 1.54) is 6.42 Å². The average Bonchev–Trinajstić information content (AvgIpc) is 2.46. The van der Waals surface area contributed by atoms with Crippen molar-refractivity contribution in [2.24, 2.45) is 5.73 Å². The summed E-state index contributed by atoms with van der Waals surface area (Å²) in [7, 11) is 0. The van der Waals surface area contributed by atoms with E-state index in [1.807, 2.05) is 30.0 Å². The number of carbonyl (C=O) groups excluding carboxylic acids is 1. The number of benzene rings is 1. The van der Waals surface area contributed by atoms with E-state index in [2.05, 4.69) is 18.8 Å². The number of hydrogen-bond acceptors (Lipinski definition) is 2. The van der Waals surface area contributed by atoms with Gasteiger partial charge in [-0.3, -0.25) is 4.79 Å². The van der Waals surface area contributed by atoms with E-state index >= 15 is 0 Å². The maximum absolute atomic E-state index is 12.6. The van der Waals surface area contributed by atoms with Crippen LogP contribution in [0.15, 0.2) is 18.2 Å². The SMILES string of the molecule is Cc1cc(C(=O)N2CCCCC2C)ccc1C#CCN. The number of aryl methyl sites for hydroxylation is 1. The number of piperidine rings is 1. The third kappa shape index (κ3) is 3.20. The molecule has 20 heavy (non-hydrogen) atoms. The summed E-state index contributed by atoms with van der Waals surface area (Å²) in [5.74, 6) is 6.01. The summed E-state index contributed by atoms with van der Waals surface area (Å²) in [5, 5.41) is 0. The van der Waals surface area contributed by atoms with E-state index in [1.54, 1.807) is 0 Å². The van der Waals surface area contributed by atoms with Gasteiger partial charge in [-0.25, -0.2) is 0 Å². The van der Waals surface area contributed by atoms with Crippen molar-refractivity contribution in [2.75, 3.05) is 13.1 Å². The molecule has 106 valence electrons. The molecule has 0 radical (unpaired) electrons. The van der Waals surface area contributed by atoms with Gasteiger partial charge >= 0.3 is 0 Å². The Hall–Kier alpha value is -1.79. The van der Waals surface area contributed by atoms with Crippen molar-refractivity contribution in [3.05, 3.63) is 34.9 Å². The second-order valence-electron chi connectivity index (χ2n) is 5.38. The Kier molecular flexibility index (Phi) is 4.81. The number of nitrogens with zero attached hydrogens (tertiary/aromatic N) is 1. The highest BCUT2D eigenvalue weighted by Gasteiger charge is 2.24. The molecular weight excluding hydrogens is 248 g/mol. The van der Waals surface area contributed by atoms with Crippen LogP contribution in [0.5, 0.6) is 0 Å². The van der Waals surface area contributed by atoms with Crippen molar-refractivity contribution in [1.29, 1.82) is 0 Å². The molecule has 3 heteroatoms. The molecule has 0 spiro atoms. The van der Waals surface area contributed by atoms with E-state index < -0.39 is 0 Å². The topological polar surface area (TPSA) is 46.3 Å². The lowest BCUT2D eigenvalue weighted by molar-refractivity contribution is 0.0635. The van der Waals surface area contributed by atoms with Crippen molar-refractivity contribution in [3.8, 4) is 11.8 Å². The zero-order chi connectivity index (χ0) is 14.5. The fourth-order valence-electron chi connectivity index (χ4n) is 2.65. The van der Waals surface area contributed by atoms with Gasteiger partial charge < -0.3 is 10.6 Å². The van der Waals surface area contributed by atoms with Gasteiger partial charge in [-0.15, -0.1) is 0 Å². The highest BCUT2D eigenvalue weighted by atomic mass is 16.2. The largest absolute Gasteiger partial charge is 0.336 e. The van der Waals surface area contributed by atoms with Gasteiger partial charge in [0.05, 0.1) is 6.54 Å². The van der Waals surface area contributed by atoms with Gasteiger partial charge in [-0.05, 0) is 56.9 Å². The minimum atomic E-state index is 0.138. The van der Waals surface area contributed by atoms with Crippen molar-refractivity contribution < 1.29 is 4.79 Å². The first-order valence-corrected chi connectivity index (χ1v) is 7.24. The lowest BCUT2D eigenvalue weighted by Crippen LogP contribution is -2.42. The lowest BCUT2D eigenvalue weighted by Gasteiger charge is -2.33. The smallest absolute Gasteiger partial charge is 0.254 e. The predicted octanol–water partition coefficient (Wildman–Crippen LogP) is 2.32. The standard InChI is InChI=1S/C17H22N2O/c1-13-12-16(9-8-15(13)7-5-10-18)17(20)19-11-4-3-6-14(19)2/h8-9,12,14H,3-4,6,10-11,18H2,1-2H3. The molecule has 1 aromatic rings. The molecule has 1 aromatic carbocycles. The Bertz CT molecular complexity index is 554. The maximum atomic E-state index is 12.6. The van der Waals surface area contributed by atoms with Gasteiger partial charge in [0.1, 0.15) is 0 Å². The molecule has 1 amide bonds. The fourth-order valence-corrected chi connectivity index (χ4v) is 2.65. The van der Waals surface area contributed by atoms with Gasteiger partial charge in [0.25, 0.3) is 5.91 Å². The first kappa shape index (κ1) is 14.6. The minimum absolute atomic E-state index is 0.138. The quantitative estimate of drug-likeness (QED) is 0.796. The summed E-state index contributed by atoms with van der Waals surface area (Å²) in [6.45, 7) is 5.33. The molecule has 0 bridgehead atoms. The molecule has 1 aliphatic rings. The Labute approximate surface area is 121 Å². The average molecular weight is 270 g/mol. The first-order valence-electron chi connectivity index (χ1n) is 7.24. The van der Waals surface area contributed by atoms with Crippen LogP contribution in [0.3, 0.4) is 0 Å². The first-order chi connectivity index (χ1) is 9.63. The van der Waals surface area contributed by atoms with Crippen LogP contribution >= 0.6 is 0 Å². The second kappa shape index (κ2) is 6.58. The van der Waals surface area contributed by atoms with Crippen LogP contribution in [0.2, 0.25) is 0 Å². The number of nitrogens with two attached hydrogens (primary N) is 1. The molecule has 0 saturated carbocycles. The molecule has 1 fully saturated rings. The van der Waals surface area contributed by atoms with Crippen molar-refractivity contribution in [3.63, 3.8) is 0 Å². The Morgan fingerprint density at radius 1 is 1.45 bits per heavy atom. The van der Waals surface area contributed by atoms with Gasteiger partial charge in [-0.2, -0.15) is 0 Å². The summed E-state index contributed by atoms with van der Waals surface area (Å²) in [4.78, 5) is 14.5. The number of amides is 1. The van der Waals surface area contributed by atoms with Gasteiger partial charge in [0.15, 0.2) is 0 Å². The molecule has 0 aliphatic carbocycles. The third-order valence-electron chi connectivity index (χ3n) is 3.86. The molecule has 2 N–H and O–H groups in total. The molecule has 2 rings (SSSR count). The highest BCUT2D eigenvalue weighted by Crippen LogP contribution is 2.20. The van der Waals surface area contributed by atoms with Gasteiger partial charge in [0, 0.05) is 23.7 Å². The third-order valence-corrected chi connectivity index (χ3v) is 3.86.